The molecule has 1 aromatic carbocycles. The summed E-state index contributed by atoms with van der Waals surface area (Å²) in [5, 5.41) is 9.04. The molecule has 5 nitrogen and oxygen atoms in total. The van der Waals surface area contributed by atoms with Crippen LogP contribution in [0.2, 0.25) is 0 Å². The Bertz CT molecular complexity index is 562. The summed E-state index contributed by atoms with van der Waals surface area (Å²) in [6.45, 7) is 1.48. The molecular weight excluding hydrogens is 272 g/mol. The van der Waals surface area contributed by atoms with E-state index in [2.05, 4.69) is 0 Å². The monoisotopic (exact) mass is 285 g/mol. The van der Waals surface area contributed by atoms with Gasteiger partial charge in [-0.25, -0.2) is 13.6 Å². The molecule has 20 heavy (non-hydrogen) atoms. The summed E-state index contributed by atoms with van der Waals surface area (Å²) >= 11 is 0. The van der Waals surface area contributed by atoms with Gasteiger partial charge in [-0.3, -0.25) is 4.79 Å². The van der Waals surface area contributed by atoms with Crippen molar-refractivity contribution in [1.82, 2.24) is 4.90 Å². The highest BCUT2D eigenvalue weighted by molar-refractivity contribution is 5.97. The molecule has 0 radical (unpaired) electrons. The molecule has 1 saturated heterocycles. The van der Waals surface area contributed by atoms with E-state index in [0.717, 1.165) is 11.0 Å². The van der Waals surface area contributed by atoms with E-state index in [-0.39, 0.29) is 30.9 Å². The van der Waals surface area contributed by atoms with Crippen LogP contribution >= 0.6 is 0 Å². The Morgan fingerprint density at radius 1 is 1.35 bits per heavy atom. The smallest absolute Gasteiger partial charge is 0.328 e. The van der Waals surface area contributed by atoms with Crippen molar-refractivity contribution in [3.8, 4) is 0 Å². The third kappa shape index (κ3) is 2.62. The lowest BCUT2D eigenvalue weighted by atomic mass is 10.1. The number of hydrogen-bond donors (Lipinski definition) is 1. The van der Waals surface area contributed by atoms with Crippen molar-refractivity contribution in [2.45, 2.75) is 13.0 Å². The predicted octanol–water partition coefficient (Wildman–Crippen LogP) is 1.20. The van der Waals surface area contributed by atoms with Crippen LogP contribution in [0.1, 0.15) is 15.9 Å². The number of aryl methyl sites for hydroxylation is 1. The molecular formula is C13H13F2NO4. The second kappa shape index (κ2) is 5.54. The Balaban J connectivity index is 2.34. The van der Waals surface area contributed by atoms with Gasteiger partial charge in [0.15, 0.2) is 6.04 Å². The number of carboxylic acid groups (broad SMARTS) is 1. The number of morpholine rings is 1. The van der Waals surface area contributed by atoms with Crippen molar-refractivity contribution in [3.05, 3.63) is 34.9 Å². The average molecular weight is 285 g/mol. The molecule has 1 amide bonds. The molecule has 7 heteroatoms. The number of halogens is 2. The van der Waals surface area contributed by atoms with Gasteiger partial charge in [-0.05, 0) is 18.6 Å². The second-order valence-electron chi connectivity index (χ2n) is 4.51. The molecule has 108 valence electrons. The number of aliphatic carboxylic acids is 1. The molecule has 1 unspecified atom stereocenters. The van der Waals surface area contributed by atoms with E-state index in [1.54, 1.807) is 0 Å². The largest absolute Gasteiger partial charge is 0.480 e. The number of carbonyl (C=O) groups is 2. The topological polar surface area (TPSA) is 66.8 Å². The summed E-state index contributed by atoms with van der Waals surface area (Å²) < 4.78 is 31.9. The van der Waals surface area contributed by atoms with Crippen molar-refractivity contribution in [2.75, 3.05) is 19.8 Å². The van der Waals surface area contributed by atoms with Crippen LogP contribution in [0, 0.1) is 18.6 Å². The first-order valence-electron chi connectivity index (χ1n) is 5.99. The number of ether oxygens (including phenoxy) is 1. The van der Waals surface area contributed by atoms with Gasteiger partial charge in [-0.15, -0.1) is 0 Å². The van der Waals surface area contributed by atoms with E-state index in [9.17, 15) is 18.4 Å². The van der Waals surface area contributed by atoms with Gasteiger partial charge < -0.3 is 14.7 Å². The Hall–Kier alpha value is -2.02. The quantitative estimate of drug-likeness (QED) is 0.886. The fraction of sp³-hybridized carbons (Fsp3) is 0.385. The van der Waals surface area contributed by atoms with Crippen molar-refractivity contribution < 1.29 is 28.2 Å². The lowest BCUT2D eigenvalue weighted by Crippen LogP contribution is -2.52. The Morgan fingerprint density at radius 2 is 2.05 bits per heavy atom. The van der Waals surface area contributed by atoms with Crippen molar-refractivity contribution >= 4 is 11.9 Å². The van der Waals surface area contributed by atoms with Crippen LogP contribution in [-0.2, 0) is 9.53 Å². The van der Waals surface area contributed by atoms with Crippen molar-refractivity contribution in [1.29, 1.82) is 0 Å². The second-order valence-corrected chi connectivity index (χ2v) is 4.51. The molecule has 0 bridgehead atoms. The first kappa shape index (κ1) is 14.4. The molecule has 1 heterocycles. The van der Waals surface area contributed by atoms with E-state index in [1.807, 2.05) is 0 Å². The van der Waals surface area contributed by atoms with Gasteiger partial charge in [-0.2, -0.15) is 0 Å². The molecule has 1 N–H and O–H groups in total. The van der Waals surface area contributed by atoms with E-state index in [1.165, 1.54) is 6.92 Å². The van der Waals surface area contributed by atoms with Crippen molar-refractivity contribution in [2.24, 2.45) is 0 Å². The van der Waals surface area contributed by atoms with Crippen LogP contribution in [0.4, 0.5) is 8.78 Å². The van der Waals surface area contributed by atoms with E-state index in [0.29, 0.717) is 6.07 Å². The van der Waals surface area contributed by atoms with Gasteiger partial charge in [0.05, 0.1) is 18.8 Å². The van der Waals surface area contributed by atoms with Crippen LogP contribution in [-0.4, -0.2) is 47.7 Å². The van der Waals surface area contributed by atoms with Crippen LogP contribution in [0.5, 0.6) is 0 Å². The minimum atomic E-state index is -1.22. The lowest BCUT2D eigenvalue weighted by molar-refractivity contribution is -0.147. The van der Waals surface area contributed by atoms with Gasteiger partial charge in [0.25, 0.3) is 5.91 Å². The maximum atomic E-state index is 13.7. The Kier molecular flexibility index (Phi) is 3.99. The highest BCUT2D eigenvalue weighted by Crippen LogP contribution is 2.19. The zero-order chi connectivity index (χ0) is 14.9. The number of benzene rings is 1. The fourth-order valence-corrected chi connectivity index (χ4v) is 2.03. The Morgan fingerprint density at radius 3 is 2.70 bits per heavy atom. The normalized spacial score (nSPS) is 18.9. The number of hydrogen-bond acceptors (Lipinski definition) is 3. The van der Waals surface area contributed by atoms with Gasteiger partial charge in [0, 0.05) is 12.6 Å². The maximum absolute atomic E-state index is 13.7. The lowest BCUT2D eigenvalue weighted by Gasteiger charge is -2.33. The molecule has 0 aliphatic carbocycles. The summed E-state index contributed by atoms with van der Waals surface area (Å²) in [6, 6.07) is 0.543. The standard InChI is InChI=1S/C13H13F2NO4/c1-7-4-8(10(15)5-9(7)14)12(17)16-2-3-20-6-11(16)13(18)19/h4-5,11H,2-3,6H2,1H3,(H,18,19). The summed E-state index contributed by atoms with van der Waals surface area (Å²) in [7, 11) is 0. The molecule has 0 saturated carbocycles. The van der Waals surface area contributed by atoms with Gasteiger partial charge in [0.2, 0.25) is 0 Å². The molecule has 1 fully saturated rings. The van der Waals surface area contributed by atoms with Crippen LogP contribution in [0.25, 0.3) is 0 Å². The maximum Gasteiger partial charge on any atom is 0.328 e. The first-order chi connectivity index (χ1) is 9.41. The molecule has 2 rings (SSSR count). The molecule has 1 aliphatic rings. The highest BCUT2D eigenvalue weighted by atomic mass is 19.1. The zero-order valence-corrected chi connectivity index (χ0v) is 10.7. The summed E-state index contributed by atoms with van der Waals surface area (Å²) in [6.07, 6.45) is 0. The minimum Gasteiger partial charge on any atom is -0.480 e. The van der Waals surface area contributed by atoms with Crippen LogP contribution in [0.15, 0.2) is 12.1 Å². The first-order valence-corrected chi connectivity index (χ1v) is 5.99. The van der Waals surface area contributed by atoms with Gasteiger partial charge in [-0.1, -0.05) is 0 Å². The average Bonchev–Trinajstić information content (AvgIpc) is 2.42. The predicted molar refractivity (Wildman–Crippen MR) is 64.4 cm³/mol. The van der Waals surface area contributed by atoms with Gasteiger partial charge in [0.1, 0.15) is 11.6 Å². The van der Waals surface area contributed by atoms with E-state index < -0.39 is 29.6 Å². The number of rotatable bonds is 2. The van der Waals surface area contributed by atoms with Crippen LogP contribution in [0.3, 0.4) is 0 Å². The van der Waals surface area contributed by atoms with E-state index >= 15 is 0 Å². The molecule has 1 aromatic rings. The van der Waals surface area contributed by atoms with Crippen LogP contribution < -0.4 is 0 Å². The Labute approximate surface area is 113 Å². The number of carbonyl (C=O) groups excluding carboxylic acids is 1. The van der Waals surface area contributed by atoms with Crippen molar-refractivity contribution in [3.63, 3.8) is 0 Å². The third-order valence-corrected chi connectivity index (χ3v) is 3.15. The summed E-state index contributed by atoms with van der Waals surface area (Å²) in [5.74, 6) is -3.76. The molecule has 0 spiro atoms. The summed E-state index contributed by atoms with van der Waals surface area (Å²) in [4.78, 5) is 24.4. The molecule has 0 aromatic heterocycles. The minimum absolute atomic E-state index is 0.0473. The number of nitrogens with zero attached hydrogens (tertiary/aromatic N) is 1. The third-order valence-electron chi connectivity index (χ3n) is 3.15. The van der Waals surface area contributed by atoms with Gasteiger partial charge >= 0.3 is 5.97 Å². The number of amides is 1. The SMILES string of the molecule is Cc1cc(C(=O)N2CCOCC2C(=O)O)c(F)cc1F. The zero-order valence-electron chi connectivity index (χ0n) is 10.7. The van der Waals surface area contributed by atoms with E-state index in [4.69, 9.17) is 9.84 Å². The number of carboxylic acids is 1. The summed E-state index contributed by atoms with van der Waals surface area (Å²) in [5.41, 5.74) is -0.216. The molecule has 1 atom stereocenters. The fourth-order valence-electron chi connectivity index (χ4n) is 2.03. The molecule has 1 aliphatic heterocycles. The highest BCUT2D eigenvalue weighted by Gasteiger charge is 2.34.